The summed E-state index contributed by atoms with van der Waals surface area (Å²) in [6, 6.07) is 15.9. The van der Waals surface area contributed by atoms with Crippen molar-refractivity contribution < 1.29 is 14.0 Å². The Morgan fingerprint density at radius 3 is 2.41 bits per heavy atom. The van der Waals surface area contributed by atoms with Gasteiger partial charge in [-0.2, -0.15) is 5.10 Å². The lowest BCUT2D eigenvalue weighted by Crippen LogP contribution is -2.41. The van der Waals surface area contributed by atoms with Crippen LogP contribution in [0, 0.1) is 6.92 Å². The van der Waals surface area contributed by atoms with E-state index in [0.717, 1.165) is 28.0 Å². The Morgan fingerprint density at radius 1 is 1.09 bits per heavy atom. The van der Waals surface area contributed by atoms with E-state index < -0.39 is 18.3 Å². The Hall–Kier alpha value is -3.10. The highest BCUT2D eigenvalue weighted by Gasteiger charge is 2.52. The topological polar surface area (TPSA) is 83.9 Å². The molecule has 1 fully saturated rings. The fourth-order valence-corrected chi connectivity index (χ4v) is 3.40. The van der Waals surface area contributed by atoms with Crippen molar-refractivity contribution >= 4 is 24.7 Å². The minimum atomic E-state index is -0.522. The van der Waals surface area contributed by atoms with Gasteiger partial charge in [0.2, 0.25) is 5.95 Å². The summed E-state index contributed by atoms with van der Waals surface area (Å²) in [5, 5.41) is 4.50. The van der Waals surface area contributed by atoms with Crippen molar-refractivity contribution in [2.24, 2.45) is 5.10 Å². The fourth-order valence-electron chi connectivity index (χ4n) is 3.40. The number of nitrogens with zero attached hydrogens (tertiary/aromatic N) is 3. The van der Waals surface area contributed by atoms with Crippen LogP contribution >= 0.6 is 0 Å². The number of benzene rings is 2. The number of hydrogen-bond donors (Lipinski definition) is 1. The average molecular weight is 432 g/mol. The van der Waals surface area contributed by atoms with E-state index >= 15 is 0 Å². The second-order valence-electron chi connectivity index (χ2n) is 8.98. The first kappa shape index (κ1) is 22.1. The summed E-state index contributed by atoms with van der Waals surface area (Å²) >= 11 is 0. The second kappa shape index (κ2) is 8.45. The van der Waals surface area contributed by atoms with Crippen molar-refractivity contribution in [1.82, 2.24) is 9.66 Å². The number of nitrogen functional groups attached to an aromatic ring is 1. The number of aromatic nitrogens is 2. The largest absolute Gasteiger partial charge is 0.495 e. The maximum absolute atomic E-state index is 6.27. The van der Waals surface area contributed by atoms with E-state index in [1.54, 1.807) is 17.1 Å². The number of aryl methyl sites for hydroxylation is 1. The van der Waals surface area contributed by atoms with Crippen molar-refractivity contribution in [3.05, 3.63) is 71.5 Å². The van der Waals surface area contributed by atoms with Crippen LogP contribution in [-0.4, -0.2) is 34.2 Å². The zero-order chi connectivity index (χ0) is 22.9. The minimum Gasteiger partial charge on any atom is -0.489 e. The first-order valence-electron chi connectivity index (χ1n) is 10.7. The molecule has 1 aliphatic heterocycles. The smallest absolute Gasteiger partial charge is 0.489 e. The molecule has 0 bridgehead atoms. The van der Waals surface area contributed by atoms with Gasteiger partial charge in [0.15, 0.2) is 0 Å². The molecule has 2 N–H and O–H groups in total. The predicted molar refractivity (Wildman–Crippen MR) is 127 cm³/mol. The third-order valence-corrected chi connectivity index (χ3v) is 5.97. The monoisotopic (exact) mass is 432 g/mol. The van der Waals surface area contributed by atoms with Crippen LogP contribution in [0.1, 0.15) is 44.5 Å². The van der Waals surface area contributed by atoms with Gasteiger partial charge in [-0.15, -0.1) is 0 Å². The quantitative estimate of drug-likeness (QED) is 0.476. The van der Waals surface area contributed by atoms with Gasteiger partial charge >= 0.3 is 7.12 Å². The maximum Gasteiger partial charge on any atom is 0.495 e. The van der Waals surface area contributed by atoms with Crippen LogP contribution in [0.5, 0.6) is 5.75 Å². The fraction of sp³-hybridized carbons (Fsp3) is 0.333. The summed E-state index contributed by atoms with van der Waals surface area (Å²) < 4.78 is 20.1. The Kier molecular flexibility index (Phi) is 5.84. The van der Waals surface area contributed by atoms with Gasteiger partial charge in [0.05, 0.1) is 29.3 Å². The number of imidazole rings is 1. The third kappa shape index (κ3) is 4.56. The van der Waals surface area contributed by atoms with Gasteiger partial charge in [-0.3, -0.25) is 0 Å². The lowest BCUT2D eigenvalue weighted by atomic mass is 9.76. The van der Waals surface area contributed by atoms with Crippen molar-refractivity contribution in [3.63, 3.8) is 0 Å². The standard InChI is InChI=1S/C24H29BN4O3/c1-17-15-29(22(26)28-17)27-14-19-13-20(30-16-18-9-7-6-8-10-18)11-12-21(19)25-31-23(2,3)24(4,5)32-25/h6-15H,16H2,1-5H3,(H2,26,28). The molecular weight excluding hydrogens is 403 g/mol. The molecule has 4 rings (SSSR count). The maximum atomic E-state index is 6.27. The van der Waals surface area contributed by atoms with Crippen molar-refractivity contribution in [2.45, 2.75) is 52.4 Å². The molecule has 2 aromatic carbocycles. The van der Waals surface area contributed by atoms with E-state index in [-0.39, 0.29) is 0 Å². The molecule has 0 amide bonds. The van der Waals surface area contributed by atoms with Crippen LogP contribution < -0.4 is 15.9 Å². The van der Waals surface area contributed by atoms with Crippen LogP contribution in [0.2, 0.25) is 0 Å². The molecule has 3 aromatic rings. The van der Waals surface area contributed by atoms with E-state index in [0.29, 0.717) is 12.6 Å². The van der Waals surface area contributed by atoms with Crippen LogP contribution in [0.15, 0.2) is 59.8 Å². The first-order valence-corrected chi connectivity index (χ1v) is 10.7. The Morgan fingerprint density at radius 2 is 1.78 bits per heavy atom. The van der Waals surface area contributed by atoms with Crippen LogP contribution in [-0.2, 0) is 15.9 Å². The highest BCUT2D eigenvalue weighted by Crippen LogP contribution is 2.36. The molecule has 0 atom stereocenters. The Labute approximate surface area is 189 Å². The Balaban J connectivity index is 1.65. The lowest BCUT2D eigenvalue weighted by Gasteiger charge is -2.32. The molecule has 1 aliphatic rings. The van der Waals surface area contributed by atoms with Crippen LogP contribution in [0.3, 0.4) is 0 Å². The lowest BCUT2D eigenvalue weighted by molar-refractivity contribution is 0.00578. The number of hydrogen-bond acceptors (Lipinski definition) is 6. The van der Waals surface area contributed by atoms with E-state index in [4.69, 9.17) is 19.8 Å². The summed E-state index contributed by atoms with van der Waals surface area (Å²) in [4.78, 5) is 4.19. The van der Waals surface area contributed by atoms with Crippen LogP contribution in [0.25, 0.3) is 0 Å². The normalized spacial score (nSPS) is 17.2. The molecule has 166 valence electrons. The molecule has 2 heterocycles. The van der Waals surface area contributed by atoms with Gasteiger partial charge in [0.25, 0.3) is 0 Å². The van der Waals surface area contributed by atoms with Gasteiger partial charge in [0.1, 0.15) is 12.4 Å². The molecule has 7 nitrogen and oxygen atoms in total. The summed E-state index contributed by atoms with van der Waals surface area (Å²) in [5.74, 6) is 1.05. The van der Waals surface area contributed by atoms with Gasteiger partial charge in [-0.25, -0.2) is 9.66 Å². The SMILES string of the molecule is Cc1cn(N=Cc2cc(OCc3ccccc3)ccc2B2OC(C)(C)C(C)(C)O2)c(N)n1. The molecule has 8 heteroatoms. The molecule has 0 aliphatic carbocycles. The van der Waals surface area contributed by atoms with Crippen molar-refractivity contribution in [1.29, 1.82) is 0 Å². The van der Waals surface area contributed by atoms with Crippen molar-refractivity contribution in [3.8, 4) is 5.75 Å². The van der Waals surface area contributed by atoms with E-state index in [1.165, 1.54) is 0 Å². The zero-order valence-corrected chi connectivity index (χ0v) is 19.2. The second-order valence-corrected chi connectivity index (χ2v) is 8.98. The number of ether oxygens (including phenoxy) is 1. The number of rotatable bonds is 6. The summed E-state index contributed by atoms with van der Waals surface area (Å²) in [7, 11) is -0.522. The predicted octanol–water partition coefficient (Wildman–Crippen LogP) is 3.53. The van der Waals surface area contributed by atoms with Crippen molar-refractivity contribution in [2.75, 3.05) is 5.73 Å². The molecule has 1 aromatic heterocycles. The summed E-state index contributed by atoms with van der Waals surface area (Å²) in [6.45, 7) is 10.5. The Bertz CT molecular complexity index is 1110. The van der Waals surface area contributed by atoms with E-state index in [9.17, 15) is 0 Å². The molecule has 0 unspecified atom stereocenters. The molecule has 32 heavy (non-hydrogen) atoms. The zero-order valence-electron chi connectivity index (χ0n) is 19.2. The highest BCUT2D eigenvalue weighted by molar-refractivity contribution is 6.63. The number of nitrogens with two attached hydrogens (primary N) is 1. The molecular formula is C24H29BN4O3. The number of anilines is 1. The molecule has 0 spiro atoms. The van der Waals surface area contributed by atoms with Crippen LogP contribution in [0.4, 0.5) is 5.95 Å². The third-order valence-electron chi connectivity index (χ3n) is 5.97. The van der Waals surface area contributed by atoms with Gasteiger partial charge in [-0.1, -0.05) is 36.4 Å². The molecule has 0 radical (unpaired) electrons. The average Bonchev–Trinajstić information content (AvgIpc) is 3.18. The van der Waals surface area contributed by atoms with Gasteiger partial charge in [0, 0.05) is 0 Å². The van der Waals surface area contributed by atoms with E-state index in [1.807, 2.05) is 83.1 Å². The molecule has 0 saturated carbocycles. The first-order chi connectivity index (χ1) is 15.1. The van der Waals surface area contributed by atoms with Gasteiger partial charge in [-0.05, 0) is 63.3 Å². The minimum absolute atomic E-state index is 0.326. The van der Waals surface area contributed by atoms with E-state index in [2.05, 4.69) is 10.1 Å². The molecule has 1 saturated heterocycles. The van der Waals surface area contributed by atoms with Gasteiger partial charge < -0.3 is 19.8 Å². The summed E-state index contributed by atoms with van der Waals surface area (Å²) in [5.41, 5.74) is 8.64. The summed E-state index contributed by atoms with van der Waals surface area (Å²) in [6.07, 6.45) is 3.50. The highest BCUT2D eigenvalue weighted by atomic mass is 16.7.